The first-order valence-electron chi connectivity index (χ1n) is 10.9. The van der Waals surface area contributed by atoms with Crippen molar-refractivity contribution in [1.82, 2.24) is 4.90 Å². The first-order valence-corrected chi connectivity index (χ1v) is 11.3. The number of rotatable bonds is 3. The topological polar surface area (TPSA) is 53.9 Å². The summed E-state index contributed by atoms with van der Waals surface area (Å²) in [6, 6.07) is 23.7. The van der Waals surface area contributed by atoms with Crippen molar-refractivity contribution in [1.29, 1.82) is 0 Å². The van der Waals surface area contributed by atoms with Crippen LogP contribution in [0, 0.1) is 5.92 Å². The van der Waals surface area contributed by atoms with Gasteiger partial charge in [0, 0.05) is 35.3 Å². The molecule has 162 valence electrons. The zero-order valence-electron chi connectivity index (χ0n) is 17.6. The number of hydrogen-bond donors (Lipinski definition) is 1. The maximum absolute atomic E-state index is 12.6. The number of likely N-dealkylation sites (tertiary alicyclic amines) is 1. The number of para-hydroxylation sites is 2. The highest BCUT2D eigenvalue weighted by Crippen LogP contribution is 2.38. The fourth-order valence-corrected chi connectivity index (χ4v) is 4.48. The van der Waals surface area contributed by atoms with Crippen molar-refractivity contribution >= 4 is 40.5 Å². The van der Waals surface area contributed by atoms with E-state index in [-0.39, 0.29) is 12.0 Å². The van der Waals surface area contributed by atoms with Crippen molar-refractivity contribution in [3.8, 4) is 0 Å². The second kappa shape index (κ2) is 9.05. The van der Waals surface area contributed by atoms with E-state index in [4.69, 9.17) is 21.3 Å². The number of amides is 1. The molecule has 5 rings (SSSR count). The van der Waals surface area contributed by atoms with Gasteiger partial charge in [-0.2, -0.15) is 0 Å². The summed E-state index contributed by atoms with van der Waals surface area (Å²) in [4.78, 5) is 19.4. The van der Waals surface area contributed by atoms with E-state index in [0.717, 1.165) is 46.7 Å². The number of piperidine rings is 1. The van der Waals surface area contributed by atoms with Gasteiger partial charge in [0.25, 0.3) is 0 Å². The molecule has 2 aliphatic heterocycles. The number of ether oxygens (including phenoxy) is 1. The highest BCUT2D eigenvalue weighted by atomic mass is 35.5. The normalized spacial score (nSPS) is 15.7. The molecule has 0 atom stereocenters. The second-order valence-corrected chi connectivity index (χ2v) is 8.57. The number of anilines is 2. The van der Waals surface area contributed by atoms with E-state index in [2.05, 4.69) is 5.32 Å². The fourth-order valence-electron chi connectivity index (χ4n) is 4.31. The van der Waals surface area contributed by atoms with Crippen LogP contribution in [0.2, 0.25) is 5.02 Å². The van der Waals surface area contributed by atoms with E-state index in [1.807, 2.05) is 72.8 Å². The lowest BCUT2D eigenvalue weighted by molar-refractivity contribution is 0.0865. The number of hydrogen-bond acceptors (Lipinski definition) is 4. The number of carbonyl (C=O) groups excluding carboxylic acids is 1. The van der Waals surface area contributed by atoms with E-state index >= 15 is 0 Å². The van der Waals surface area contributed by atoms with Gasteiger partial charge in [-0.1, -0.05) is 54.1 Å². The summed E-state index contributed by atoms with van der Waals surface area (Å²) in [5, 5.41) is 4.19. The van der Waals surface area contributed by atoms with Gasteiger partial charge >= 0.3 is 6.09 Å². The number of aliphatic imine (C=N–C) groups is 1. The minimum atomic E-state index is -0.259. The molecule has 6 heteroatoms. The van der Waals surface area contributed by atoms with Crippen LogP contribution in [0.25, 0.3) is 0 Å². The molecule has 0 bridgehead atoms. The average molecular weight is 446 g/mol. The zero-order valence-corrected chi connectivity index (χ0v) is 18.4. The van der Waals surface area contributed by atoms with Gasteiger partial charge in [-0.15, -0.1) is 0 Å². The number of carbonyl (C=O) groups is 1. The molecule has 1 N–H and O–H groups in total. The van der Waals surface area contributed by atoms with Crippen LogP contribution in [0.5, 0.6) is 0 Å². The van der Waals surface area contributed by atoms with Gasteiger partial charge in [0.05, 0.1) is 17.1 Å². The standard InChI is InChI=1S/C26H24ClN3O2/c27-20-10-11-22-21(16-20)25(29-24-9-5-4-8-23(24)28-22)19-12-14-30(15-13-19)26(31)32-17-18-6-2-1-3-7-18/h1-11,16,19,28H,12-15,17H2. The third kappa shape index (κ3) is 4.34. The van der Waals surface area contributed by atoms with Gasteiger partial charge in [-0.05, 0) is 48.7 Å². The summed E-state index contributed by atoms with van der Waals surface area (Å²) in [7, 11) is 0. The van der Waals surface area contributed by atoms with Gasteiger partial charge in [0.1, 0.15) is 6.61 Å². The maximum atomic E-state index is 12.6. The minimum Gasteiger partial charge on any atom is -0.445 e. The highest BCUT2D eigenvalue weighted by molar-refractivity contribution is 6.31. The molecule has 1 amide bonds. The Labute approximate surface area is 192 Å². The van der Waals surface area contributed by atoms with Gasteiger partial charge in [0.2, 0.25) is 0 Å². The predicted octanol–water partition coefficient (Wildman–Crippen LogP) is 6.57. The molecule has 1 saturated heterocycles. The fraction of sp³-hybridized carbons (Fsp3) is 0.231. The minimum absolute atomic E-state index is 0.235. The van der Waals surface area contributed by atoms with E-state index in [1.54, 1.807) is 4.90 Å². The highest BCUT2D eigenvalue weighted by Gasteiger charge is 2.30. The third-order valence-electron chi connectivity index (χ3n) is 6.02. The predicted molar refractivity (Wildman–Crippen MR) is 128 cm³/mol. The molecule has 0 saturated carbocycles. The summed E-state index contributed by atoms with van der Waals surface area (Å²) >= 11 is 6.34. The van der Waals surface area contributed by atoms with Gasteiger partial charge in [-0.3, -0.25) is 4.99 Å². The number of nitrogens with one attached hydrogen (secondary N) is 1. The van der Waals surface area contributed by atoms with Crippen molar-refractivity contribution in [2.75, 3.05) is 18.4 Å². The molecule has 0 aliphatic carbocycles. The van der Waals surface area contributed by atoms with E-state index < -0.39 is 0 Å². The smallest absolute Gasteiger partial charge is 0.410 e. The first kappa shape index (κ1) is 20.6. The summed E-state index contributed by atoms with van der Waals surface area (Å²) < 4.78 is 5.52. The Kier molecular flexibility index (Phi) is 5.82. The Bertz CT molecular complexity index is 1150. The number of benzene rings is 3. The molecule has 2 heterocycles. The summed E-state index contributed by atoms with van der Waals surface area (Å²) in [5.74, 6) is 0.235. The Hall–Kier alpha value is -3.31. The van der Waals surface area contributed by atoms with Crippen LogP contribution < -0.4 is 5.32 Å². The van der Waals surface area contributed by atoms with E-state index in [0.29, 0.717) is 24.7 Å². The van der Waals surface area contributed by atoms with Crippen LogP contribution in [-0.2, 0) is 11.3 Å². The van der Waals surface area contributed by atoms with Crippen LogP contribution in [0.1, 0.15) is 24.0 Å². The molecule has 0 radical (unpaired) electrons. The maximum Gasteiger partial charge on any atom is 0.410 e. The zero-order chi connectivity index (χ0) is 21.9. The molecule has 0 unspecified atom stereocenters. The van der Waals surface area contributed by atoms with Crippen LogP contribution in [0.4, 0.5) is 21.9 Å². The molecular weight excluding hydrogens is 422 g/mol. The van der Waals surface area contributed by atoms with Gasteiger partial charge < -0.3 is 15.0 Å². The number of nitrogens with zero attached hydrogens (tertiary/aromatic N) is 2. The molecule has 3 aromatic carbocycles. The van der Waals surface area contributed by atoms with Crippen LogP contribution in [0.3, 0.4) is 0 Å². The van der Waals surface area contributed by atoms with E-state index in [9.17, 15) is 4.79 Å². The quantitative estimate of drug-likeness (QED) is 0.496. The van der Waals surface area contributed by atoms with Crippen molar-refractivity contribution in [3.63, 3.8) is 0 Å². The molecule has 32 heavy (non-hydrogen) atoms. The summed E-state index contributed by atoms with van der Waals surface area (Å²) in [5.41, 5.74) is 5.94. The lowest BCUT2D eigenvalue weighted by Crippen LogP contribution is -2.40. The lowest BCUT2D eigenvalue weighted by Gasteiger charge is -2.32. The molecule has 0 spiro atoms. The van der Waals surface area contributed by atoms with Gasteiger partial charge in [-0.25, -0.2) is 4.79 Å². The third-order valence-corrected chi connectivity index (χ3v) is 6.25. The average Bonchev–Trinajstić information content (AvgIpc) is 3.00. The monoisotopic (exact) mass is 445 g/mol. The van der Waals surface area contributed by atoms with Crippen molar-refractivity contribution in [3.05, 3.63) is 88.9 Å². The van der Waals surface area contributed by atoms with Gasteiger partial charge in [0.15, 0.2) is 0 Å². The lowest BCUT2D eigenvalue weighted by atomic mass is 9.87. The van der Waals surface area contributed by atoms with Crippen LogP contribution in [0.15, 0.2) is 77.8 Å². The van der Waals surface area contributed by atoms with E-state index in [1.165, 1.54) is 0 Å². The molecular formula is C26H24ClN3O2. The van der Waals surface area contributed by atoms with Crippen LogP contribution >= 0.6 is 11.6 Å². The largest absolute Gasteiger partial charge is 0.445 e. The van der Waals surface area contributed by atoms with Crippen molar-refractivity contribution < 1.29 is 9.53 Å². The number of halogens is 1. The Balaban J connectivity index is 1.32. The first-order chi connectivity index (χ1) is 15.7. The summed E-state index contributed by atoms with van der Waals surface area (Å²) in [6.45, 7) is 1.57. The molecule has 5 nitrogen and oxygen atoms in total. The molecule has 0 aromatic heterocycles. The van der Waals surface area contributed by atoms with Crippen molar-refractivity contribution in [2.45, 2.75) is 19.4 Å². The Morgan fingerprint density at radius 1 is 1.00 bits per heavy atom. The van der Waals surface area contributed by atoms with Crippen molar-refractivity contribution in [2.24, 2.45) is 10.9 Å². The second-order valence-electron chi connectivity index (χ2n) is 8.13. The SMILES string of the molecule is O=C(OCc1ccccc1)N1CCC(C2=Nc3ccccc3Nc3ccc(Cl)cc32)CC1. The Morgan fingerprint density at radius 3 is 2.56 bits per heavy atom. The Morgan fingerprint density at radius 2 is 1.75 bits per heavy atom. The molecule has 1 fully saturated rings. The van der Waals surface area contributed by atoms with Crippen LogP contribution in [-0.4, -0.2) is 29.8 Å². The molecule has 3 aromatic rings. The number of fused-ring (bicyclic) bond motifs is 2. The summed E-state index contributed by atoms with van der Waals surface area (Å²) in [6.07, 6.45) is 1.39. The molecule has 2 aliphatic rings.